The minimum atomic E-state index is -0.534. The van der Waals surface area contributed by atoms with Gasteiger partial charge < -0.3 is 9.47 Å². The summed E-state index contributed by atoms with van der Waals surface area (Å²) in [5.74, 6) is 0. The molecule has 2 nitrogen and oxygen atoms in total. The van der Waals surface area contributed by atoms with Crippen molar-refractivity contribution in [2.45, 2.75) is 30.1 Å². The van der Waals surface area contributed by atoms with Crippen molar-refractivity contribution >= 4 is 38.9 Å². The van der Waals surface area contributed by atoms with Gasteiger partial charge in [-0.25, -0.2) is 0 Å². The van der Waals surface area contributed by atoms with Crippen LogP contribution in [0.15, 0.2) is 243 Å². The fourth-order valence-electron chi connectivity index (χ4n) is 15.2. The quantitative estimate of drug-likeness (QED) is 0.171. The molecule has 1 aromatic heterocycles. The van der Waals surface area contributed by atoms with Gasteiger partial charge in [0.15, 0.2) is 0 Å². The number of benzene rings is 11. The second-order valence-electron chi connectivity index (χ2n) is 21.4. The van der Waals surface area contributed by atoms with Crippen LogP contribution in [-0.4, -0.2) is 4.57 Å². The highest BCUT2D eigenvalue weighted by molar-refractivity contribution is 6.13. The van der Waals surface area contributed by atoms with Crippen molar-refractivity contribution in [1.29, 1.82) is 0 Å². The molecule has 0 saturated carbocycles. The van der Waals surface area contributed by atoms with Crippen molar-refractivity contribution < 1.29 is 0 Å². The van der Waals surface area contributed by atoms with E-state index in [1.165, 1.54) is 128 Å². The summed E-state index contributed by atoms with van der Waals surface area (Å²) in [7, 11) is 0. The van der Waals surface area contributed by atoms with Gasteiger partial charge in [-0.1, -0.05) is 214 Å². The lowest BCUT2D eigenvalue weighted by Crippen LogP contribution is -2.33. The molecule has 0 atom stereocenters. The molecule has 2 spiro atoms. The highest BCUT2D eigenvalue weighted by Gasteiger charge is 2.53. The van der Waals surface area contributed by atoms with Gasteiger partial charge in [-0.2, -0.15) is 0 Å². The topological polar surface area (TPSA) is 8.17 Å². The van der Waals surface area contributed by atoms with Gasteiger partial charge in [-0.3, -0.25) is 0 Å². The van der Waals surface area contributed by atoms with Gasteiger partial charge in [0.25, 0.3) is 0 Å². The van der Waals surface area contributed by atoms with Crippen LogP contribution >= 0.6 is 0 Å². The number of fused-ring (bicyclic) bond motifs is 25. The smallest absolute Gasteiger partial charge is 0.0754 e. The summed E-state index contributed by atoms with van der Waals surface area (Å²) in [6.45, 7) is 4.79. The molecule has 340 valence electrons. The minimum Gasteiger partial charge on any atom is -0.310 e. The lowest BCUT2D eigenvalue weighted by Gasteiger charge is -2.40. The van der Waals surface area contributed by atoms with E-state index >= 15 is 0 Å². The molecule has 17 rings (SSSR count). The predicted molar refractivity (Wildman–Crippen MR) is 300 cm³/mol. The van der Waals surface area contributed by atoms with Crippen LogP contribution in [0, 0.1) is 0 Å². The molecule has 2 heterocycles. The number of para-hydroxylation sites is 2. The highest BCUT2D eigenvalue weighted by Crippen LogP contribution is 2.65. The standard InChI is InChI=1S/C71H46N2/c1-69(2)56-26-10-3-18-46(56)52-37-34-43(40-64(52)69)72(44-35-38-53-51-23-8-13-29-59(51)70(65(53)41-44)57-27-11-4-19-47(57)48-20-5-12-28-58(48)70)45-36-39-62-67(42-45)73-66-33-16-9-24-54(66)55-25-17-32-63(68(55)73)71(62)60-30-14-6-21-49(60)50-22-7-15-31-61(50)71/h3-42H,1-2H3. The van der Waals surface area contributed by atoms with Crippen LogP contribution in [0.25, 0.3) is 72.0 Å². The Bertz CT molecular complexity index is 4340. The molecule has 11 aromatic carbocycles. The minimum absolute atomic E-state index is 0.181. The van der Waals surface area contributed by atoms with Crippen LogP contribution < -0.4 is 4.90 Å². The molecule has 0 radical (unpaired) electrons. The maximum absolute atomic E-state index is 2.59. The molecule has 12 aromatic rings. The van der Waals surface area contributed by atoms with Crippen molar-refractivity contribution in [2.75, 3.05) is 4.90 Å². The fraction of sp³-hybridized carbons (Fsp3) is 0.0704. The van der Waals surface area contributed by atoms with Crippen LogP contribution in [0.3, 0.4) is 0 Å². The molecule has 0 bridgehead atoms. The Balaban J connectivity index is 0.974. The SMILES string of the molecule is CC1(C)c2ccccc2-c2ccc(N(c3ccc4c(c3)-n3c5ccccc5c5cccc(c53)C43c4ccccc4-c4ccccc43)c3ccc4c(c3)C3(c5ccccc5-c5ccccc53)c3ccccc3-4)cc21. The number of rotatable bonds is 3. The molecular formula is C71H46N2. The number of nitrogens with zero attached hydrogens (tertiary/aromatic N) is 2. The Labute approximate surface area is 424 Å². The Kier molecular flexibility index (Phi) is 7.45. The number of hydrogen-bond acceptors (Lipinski definition) is 1. The van der Waals surface area contributed by atoms with E-state index in [0.717, 1.165) is 17.1 Å². The Morgan fingerprint density at radius 2 is 0.671 bits per heavy atom. The molecule has 5 aliphatic rings. The lowest BCUT2D eigenvalue weighted by atomic mass is 9.65. The van der Waals surface area contributed by atoms with Crippen molar-refractivity contribution in [2.24, 2.45) is 0 Å². The molecule has 2 heteroatoms. The summed E-state index contributed by atoms with van der Waals surface area (Å²) in [6.07, 6.45) is 0. The second kappa shape index (κ2) is 13.7. The number of hydrogen-bond donors (Lipinski definition) is 0. The molecular weight excluding hydrogens is 881 g/mol. The normalized spacial score (nSPS) is 15.3. The van der Waals surface area contributed by atoms with E-state index in [1.54, 1.807) is 0 Å². The molecule has 1 aliphatic heterocycles. The summed E-state index contributed by atoms with van der Waals surface area (Å²) in [6, 6.07) is 92.8. The maximum atomic E-state index is 2.59. The molecule has 0 amide bonds. The summed E-state index contributed by atoms with van der Waals surface area (Å²) >= 11 is 0. The number of aromatic nitrogens is 1. The predicted octanol–water partition coefficient (Wildman–Crippen LogP) is 17.6. The van der Waals surface area contributed by atoms with Crippen LogP contribution in [0.1, 0.15) is 69.5 Å². The third-order valence-corrected chi connectivity index (χ3v) is 18.0. The highest BCUT2D eigenvalue weighted by atomic mass is 15.1. The molecule has 0 N–H and O–H groups in total. The van der Waals surface area contributed by atoms with Crippen LogP contribution in [0.5, 0.6) is 0 Å². The molecule has 0 saturated heterocycles. The van der Waals surface area contributed by atoms with Gasteiger partial charge in [0.2, 0.25) is 0 Å². The van der Waals surface area contributed by atoms with Crippen LogP contribution in [-0.2, 0) is 16.2 Å². The first-order valence-corrected chi connectivity index (χ1v) is 25.8. The van der Waals surface area contributed by atoms with Gasteiger partial charge in [-0.15, -0.1) is 0 Å². The van der Waals surface area contributed by atoms with Crippen LogP contribution in [0.4, 0.5) is 17.1 Å². The van der Waals surface area contributed by atoms with Gasteiger partial charge in [-0.05, 0) is 143 Å². The Hall–Kier alpha value is -8.98. The van der Waals surface area contributed by atoms with Gasteiger partial charge in [0.1, 0.15) is 0 Å². The zero-order valence-corrected chi connectivity index (χ0v) is 40.5. The summed E-state index contributed by atoms with van der Waals surface area (Å²) in [5, 5.41) is 2.55. The van der Waals surface area contributed by atoms with E-state index < -0.39 is 10.8 Å². The molecule has 0 fully saturated rings. The zero-order chi connectivity index (χ0) is 48.0. The van der Waals surface area contributed by atoms with Crippen molar-refractivity contribution in [3.05, 3.63) is 298 Å². The van der Waals surface area contributed by atoms with Gasteiger partial charge in [0, 0.05) is 33.2 Å². The third-order valence-electron chi connectivity index (χ3n) is 18.0. The Morgan fingerprint density at radius 3 is 1.23 bits per heavy atom. The van der Waals surface area contributed by atoms with E-state index in [9.17, 15) is 0 Å². The van der Waals surface area contributed by atoms with E-state index in [2.05, 4.69) is 266 Å². The molecule has 73 heavy (non-hydrogen) atoms. The lowest BCUT2D eigenvalue weighted by molar-refractivity contribution is 0.660. The second-order valence-corrected chi connectivity index (χ2v) is 21.4. The first-order chi connectivity index (χ1) is 36.0. The average molecular weight is 927 g/mol. The van der Waals surface area contributed by atoms with Gasteiger partial charge in [0.05, 0.1) is 27.6 Å². The first-order valence-electron chi connectivity index (χ1n) is 25.8. The van der Waals surface area contributed by atoms with Crippen molar-refractivity contribution in [3.8, 4) is 50.2 Å². The summed E-state index contributed by atoms with van der Waals surface area (Å²) < 4.78 is 2.59. The van der Waals surface area contributed by atoms with E-state index in [4.69, 9.17) is 0 Å². The van der Waals surface area contributed by atoms with Crippen molar-refractivity contribution in [1.82, 2.24) is 4.57 Å². The average Bonchev–Trinajstić information content (AvgIpc) is 4.19. The third kappa shape index (κ3) is 4.63. The van der Waals surface area contributed by atoms with E-state index in [0.29, 0.717) is 0 Å². The fourth-order valence-corrected chi connectivity index (χ4v) is 15.2. The first kappa shape index (κ1) is 39.7. The largest absolute Gasteiger partial charge is 0.310 e. The number of anilines is 3. The summed E-state index contributed by atoms with van der Waals surface area (Å²) in [4.78, 5) is 2.57. The van der Waals surface area contributed by atoms with E-state index in [1.807, 2.05) is 0 Å². The monoisotopic (exact) mass is 926 g/mol. The van der Waals surface area contributed by atoms with Gasteiger partial charge >= 0.3 is 0 Å². The zero-order valence-electron chi connectivity index (χ0n) is 40.5. The van der Waals surface area contributed by atoms with Crippen LogP contribution in [0.2, 0.25) is 0 Å². The summed E-state index contributed by atoms with van der Waals surface area (Å²) in [5.41, 5.74) is 29.8. The van der Waals surface area contributed by atoms with E-state index in [-0.39, 0.29) is 5.41 Å². The van der Waals surface area contributed by atoms with Crippen molar-refractivity contribution in [3.63, 3.8) is 0 Å². The molecule has 0 unspecified atom stereocenters. The Morgan fingerprint density at radius 1 is 0.288 bits per heavy atom. The maximum Gasteiger partial charge on any atom is 0.0754 e. The molecule has 4 aliphatic carbocycles.